The van der Waals surface area contributed by atoms with Crippen molar-refractivity contribution in [3.8, 4) is 0 Å². The fourth-order valence-electron chi connectivity index (χ4n) is 3.49. The Morgan fingerprint density at radius 1 is 1.15 bits per heavy atom. The lowest BCUT2D eigenvalue weighted by Crippen LogP contribution is -2.24. The zero-order valence-corrected chi connectivity index (χ0v) is 15.5. The normalized spacial score (nSPS) is 17.0. The molecule has 3 heteroatoms. The molecular weight excluding hydrogens is 320 g/mol. The van der Waals surface area contributed by atoms with Gasteiger partial charge in [0.2, 0.25) is 0 Å². The molecule has 1 aliphatic rings. The zero-order chi connectivity index (χ0) is 18.4. The van der Waals surface area contributed by atoms with Crippen molar-refractivity contribution in [3.05, 3.63) is 83.3 Å². The molecule has 1 N–H and O–H groups in total. The van der Waals surface area contributed by atoms with E-state index in [-0.39, 0.29) is 11.7 Å². The number of carbonyl (C=O) groups excluding carboxylic acids is 1. The Labute approximate surface area is 155 Å². The van der Waals surface area contributed by atoms with Gasteiger partial charge in [0, 0.05) is 35.6 Å². The van der Waals surface area contributed by atoms with Crippen molar-refractivity contribution >= 4 is 11.4 Å². The smallest absolute Gasteiger partial charge is 0.158 e. The molecule has 1 heterocycles. The van der Waals surface area contributed by atoms with Crippen molar-refractivity contribution in [2.45, 2.75) is 39.0 Å². The van der Waals surface area contributed by atoms with Gasteiger partial charge in [0.1, 0.15) is 0 Å². The molecule has 1 aliphatic carbocycles. The average molecular weight is 346 g/mol. The van der Waals surface area contributed by atoms with E-state index in [1.54, 1.807) is 13.1 Å². The summed E-state index contributed by atoms with van der Waals surface area (Å²) >= 11 is 0. The number of nitrogens with one attached hydrogen (secondary N) is 1. The molecule has 0 fully saturated rings. The highest BCUT2D eigenvalue weighted by Gasteiger charge is 2.29. The van der Waals surface area contributed by atoms with Crippen LogP contribution in [0, 0.1) is 0 Å². The molecule has 1 aromatic carbocycles. The summed E-state index contributed by atoms with van der Waals surface area (Å²) in [6.45, 7) is 4.70. The molecule has 3 nitrogen and oxygen atoms in total. The van der Waals surface area contributed by atoms with Crippen LogP contribution in [0.5, 0.6) is 0 Å². The second-order valence-electron chi connectivity index (χ2n) is 6.71. The van der Waals surface area contributed by atoms with Gasteiger partial charge in [-0.3, -0.25) is 9.78 Å². The van der Waals surface area contributed by atoms with Crippen LogP contribution in [0.25, 0.3) is 5.57 Å². The van der Waals surface area contributed by atoms with E-state index in [0.29, 0.717) is 0 Å². The maximum atomic E-state index is 12.5. The number of Topliss-reactive ketones (excluding diaryl/α,β-unsaturated/α-hetero) is 1. The van der Waals surface area contributed by atoms with Gasteiger partial charge in [0.05, 0.1) is 0 Å². The third-order valence-corrected chi connectivity index (χ3v) is 4.80. The van der Waals surface area contributed by atoms with Crippen LogP contribution >= 0.6 is 0 Å². The number of benzene rings is 1. The number of pyridine rings is 1. The number of allylic oxidation sites excluding steroid dienone is 3. The molecule has 2 aromatic rings. The van der Waals surface area contributed by atoms with Crippen molar-refractivity contribution in [2.24, 2.45) is 0 Å². The minimum absolute atomic E-state index is 0.0157. The number of aromatic nitrogens is 1. The fraction of sp³-hybridized carbons (Fsp3) is 0.304. The molecule has 0 radical (unpaired) electrons. The maximum absolute atomic E-state index is 12.5. The minimum atomic E-state index is -0.0157. The first-order chi connectivity index (χ1) is 12.7. The largest absolute Gasteiger partial charge is 0.385 e. The summed E-state index contributed by atoms with van der Waals surface area (Å²) in [4.78, 5) is 17.1. The van der Waals surface area contributed by atoms with Gasteiger partial charge in [0.15, 0.2) is 5.78 Å². The Morgan fingerprint density at radius 2 is 1.92 bits per heavy atom. The highest BCUT2D eigenvalue weighted by Crippen LogP contribution is 2.39. The zero-order valence-electron chi connectivity index (χ0n) is 15.5. The summed E-state index contributed by atoms with van der Waals surface area (Å²) in [6.07, 6.45) is 6.94. The van der Waals surface area contributed by atoms with Gasteiger partial charge in [-0.15, -0.1) is 0 Å². The van der Waals surface area contributed by atoms with Crippen LogP contribution in [0.2, 0.25) is 0 Å². The molecule has 134 valence electrons. The summed E-state index contributed by atoms with van der Waals surface area (Å²) < 4.78 is 0. The first-order valence-electron chi connectivity index (χ1n) is 9.36. The molecule has 0 amide bonds. The van der Waals surface area contributed by atoms with Crippen LogP contribution in [0.15, 0.2) is 72.1 Å². The summed E-state index contributed by atoms with van der Waals surface area (Å²) in [5.41, 5.74) is 5.19. The summed E-state index contributed by atoms with van der Waals surface area (Å²) in [5, 5.41) is 3.51. The Morgan fingerprint density at radius 3 is 2.58 bits per heavy atom. The molecule has 0 saturated carbocycles. The van der Waals surface area contributed by atoms with Crippen LogP contribution < -0.4 is 5.32 Å². The van der Waals surface area contributed by atoms with Crippen molar-refractivity contribution in [1.82, 2.24) is 10.3 Å². The van der Waals surface area contributed by atoms with E-state index in [0.717, 1.165) is 42.8 Å². The molecule has 0 spiro atoms. The highest BCUT2D eigenvalue weighted by molar-refractivity contribution is 5.97. The molecule has 3 rings (SSSR count). The fourth-order valence-corrected chi connectivity index (χ4v) is 3.49. The third-order valence-electron chi connectivity index (χ3n) is 4.80. The number of nitrogens with zero attached hydrogens (tertiary/aromatic N) is 1. The predicted molar refractivity (Wildman–Crippen MR) is 107 cm³/mol. The van der Waals surface area contributed by atoms with Crippen molar-refractivity contribution in [1.29, 1.82) is 0 Å². The van der Waals surface area contributed by atoms with Gasteiger partial charge >= 0.3 is 0 Å². The van der Waals surface area contributed by atoms with E-state index in [1.165, 1.54) is 11.1 Å². The SMILES string of the molecule is CCCCNC1=C(C(C)=O)C(c2ccccn2)CC(c2ccccc2)=C1. The van der Waals surface area contributed by atoms with E-state index in [2.05, 4.69) is 47.6 Å². The van der Waals surface area contributed by atoms with Crippen molar-refractivity contribution in [3.63, 3.8) is 0 Å². The lowest BCUT2D eigenvalue weighted by atomic mass is 9.79. The Balaban J connectivity index is 2.06. The van der Waals surface area contributed by atoms with Crippen LogP contribution in [0.3, 0.4) is 0 Å². The first kappa shape index (κ1) is 18.1. The summed E-state index contributed by atoms with van der Waals surface area (Å²) in [7, 11) is 0. The van der Waals surface area contributed by atoms with Crippen LogP contribution in [-0.2, 0) is 4.79 Å². The Kier molecular flexibility index (Phi) is 6.00. The molecule has 1 aromatic heterocycles. The molecule has 26 heavy (non-hydrogen) atoms. The number of hydrogen-bond donors (Lipinski definition) is 1. The Bertz CT molecular complexity index is 807. The number of ketones is 1. The van der Waals surface area contributed by atoms with Crippen LogP contribution in [0.4, 0.5) is 0 Å². The topological polar surface area (TPSA) is 42.0 Å². The number of rotatable bonds is 7. The molecule has 0 saturated heterocycles. The quantitative estimate of drug-likeness (QED) is 0.726. The lowest BCUT2D eigenvalue weighted by Gasteiger charge is -2.28. The van der Waals surface area contributed by atoms with Gasteiger partial charge in [0.25, 0.3) is 0 Å². The standard InChI is InChI=1S/C23H26N2O/c1-3-4-13-25-22-16-19(18-10-6-5-7-11-18)15-20(23(22)17(2)26)21-12-8-9-14-24-21/h5-12,14,16,20,25H,3-4,13,15H2,1-2H3. The molecular formula is C23H26N2O. The minimum Gasteiger partial charge on any atom is -0.385 e. The summed E-state index contributed by atoms with van der Waals surface area (Å²) in [6, 6.07) is 16.3. The van der Waals surface area contributed by atoms with Crippen LogP contribution in [-0.4, -0.2) is 17.3 Å². The van der Waals surface area contributed by atoms with Gasteiger partial charge in [-0.05, 0) is 49.1 Å². The first-order valence-corrected chi connectivity index (χ1v) is 9.36. The molecule has 1 atom stereocenters. The predicted octanol–water partition coefficient (Wildman–Crippen LogP) is 4.89. The maximum Gasteiger partial charge on any atom is 0.158 e. The second-order valence-corrected chi connectivity index (χ2v) is 6.71. The summed E-state index contributed by atoms with van der Waals surface area (Å²) in [5.74, 6) is 0.0982. The van der Waals surface area contributed by atoms with Gasteiger partial charge in [-0.1, -0.05) is 49.7 Å². The van der Waals surface area contributed by atoms with Gasteiger partial charge in [-0.2, -0.15) is 0 Å². The molecule has 0 aliphatic heterocycles. The van der Waals surface area contributed by atoms with Gasteiger partial charge in [-0.25, -0.2) is 0 Å². The molecule has 0 bridgehead atoms. The third kappa shape index (κ3) is 4.10. The van der Waals surface area contributed by atoms with Crippen molar-refractivity contribution in [2.75, 3.05) is 6.54 Å². The van der Waals surface area contributed by atoms with E-state index >= 15 is 0 Å². The second kappa shape index (κ2) is 8.61. The van der Waals surface area contributed by atoms with E-state index in [9.17, 15) is 4.79 Å². The number of hydrogen-bond acceptors (Lipinski definition) is 3. The van der Waals surface area contributed by atoms with Gasteiger partial charge < -0.3 is 5.32 Å². The van der Waals surface area contributed by atoms with E-state index in [4.69, 9.17) is 0 Å². The van der Waals surface area contributed by atoms with E-state index < -0.39 is 0 Å². The molecule has 1 unspecified atom stereocenters. The Hall–Kier alpha value is -2.68. The highest BCUT2D eigenvalue weighted by atomic mass is 16.1. The monoisotopic (exact) mass is 346 g/mol. The van der Waals surface area contributed by atoms with Crippen LogP contribution in [0.1, 0.15) is 50.3 Å². The lowest BCUT2D eigenvalue weighted by molar-refractivity contribution is -0.114. The average Bonchev–Trinajstić information content (AvgIpc) is 2.68. The number of carbonyl (C=O) groups is 1. The van der Waals surface area contributed by atoms with Crippen molar-refractivity contribution < 1.29 is 4.79 Å². The number of unbranched alkanes of at least 4 members (excludes halogenated alkanes) is 1. The van der Waals surface area contributed by atoms with E-state index in [1.807, 2.05) is 24.3 Å².